The van der Waals surface area contributed by atoms with Gasteiger partial charge in [0, 0.05) is 39.3 Å². The Morgan fingerprint density at radius 1 is 1.10 bits per heavy atom. The quantitative estimate of drug-likeness (QED) is 0.733. The molecule has 0 saturated carbocycles. The van der Waals surface area contributed by atoms with E-state index >= 15 is 0 Å². The second-order valence-corrected chi connectivity index (χ2v) is 8.18. The lowest BCUT2D eigenvalue weighted by Crippen LogP contribution is -2.48. The summed E-state index contributed by atoms with van der Waals surface area (Å²) in [6.07, 6.45) is 6.03. The van der Waals surface area contributed by atoms with Gasteiger partial charge in [-0.3, -0.25) is 9.59 Å². The van der Waals surface area contributed by atoms with Crippen molar-refractivity contribution in [2.75, 3.05) is 46.4 Å². The first-order valence-electron chi connectivity index (χ1n) is 10.6. The third kappa shape index (κ3) is 4.60. The number of carbonyl (C=O) groups excluding carboxylic acids is 2. The molecule has 0 aromatic heterocycles. The maximum Gasteiger partial charge on any atom is 0.255 e. The van der Waals surface area contributed by atoms with Gasteiger partial charge in [-0.25, -0.2) is 0 Å². The average molecular weight is 422 g/mol. The number of fused-ring (bicyclic) bond motifs is 1. The predicted molar refractivity (Wildman–Crippen MR) is 115 cm³/mol. The maximum atomic E-state index is 13.2. The average Bonchev–Trinajstić information content (AvgIpc) is 3.08. The second-order valence-electron chi connectivity index (χ2n) is 8.18. The Balaban J connectivity index is 0.00000240. The van der Waals surface area contributed by atoms with Crippen molar-refractivity contribution in [1.29, 1.82) is 0 Å². The predicted octanol–water partition coefficient (Wildman–Crippen LogP) is 2.80. The molecule has 29 heavy (non-hydrogen) atoms. The van der Waals surface area contributed by atoms with Crippen LogP contribution in [0.2, 0.25) is 0 Å². The van der Waals surface area contributed by atoms with Gasteiger partial charge in [0.1, 0.15) is 0 Å². The first-order chi connectivity index (χ1) is 13.7. The summed E-state index contributed by atoms with van der Waals surface area (Å²) in [7, 11) is 1.64. The highest BCUT2D eigenvalue weighted by Gasteiger charge is 2.34. The van der Waals surface area contributed by atoms with Gasteiger partial charge in [0.15, 0.2) is 0 Å². The summed E-state index contributed by atoms with van der Waals surface area (Å²) in [4.78, 5) is 32.4. The summed E-state index contributed by atoms with van der Waals surface area (Å²) >= 11 is 0. The Hall–Kier alpha value is -1.63. The van der Waals surface area contributed by atoms with E-state index in [1.165, 1.54) is 32.4 Å². The highest BCUT2D eigenvalue weighted by Crippen LogP contribution is 2.28. The number of hydrogen-bond acceptors (Lipinski definition) is 4. The summed E-state index contributed by atoms with van der Waals surface area (Å²) in [6, 6.07) is 6.28. The molecule has 0 aliphatic carbocycles. The van der Waals surface area contributed by atoms with Crippen LogP contribution in [-0.4, -0.2) is 79.0 Å². The molecule has 0 unspecified atom stereocenters. The van der Waals surface area contributed by atoms with E-state index in [0.29, 0.717) is 36.9 Å². The Labute approximate surface area is 179 Å². The Morgan fingerprint density at radius 2 is 1.83 bits per heavy atom. The first kappa shape index (κ1) is 22.1. The molecule has 1 aromatic rings. The van der Waals surface area contributed by atoms with Crippen LogP contribution in [0.5, 0.6) is 0 Å². The lowest BCUT2D eigenvalue weighted by Gasteiger charge is -2.40. The summed E-state index contributed by atoms with van der Waals surface area (Å²) in [5, 5.41) is 0. The molecule has 0 bridgehead atoms. The SMILES string of the molecule is COCCN1Cc2cccc(C(=O)N3CCC(N4CCCCC4)CC3)c2C1=O.Cl. The van der Waals surface area contributed by atoms with E-state index in [-0.39, 0.29) is 24.2 Å². The lowest BCUT2D eigenvalue weighted by atomic mass is 9.97. The molecule has 2 saturated heterocycles. The first-order valence-corrected chi connectivity index (χ1v) is 10.6. The molecule has 3 aliphatic heterocycles. The van der Waals surface area contributed by atoms with Gasteiger partial charge < -0.3 is 19.4 Å². The molecule has 0 radical (unpaired) electrons. The maximum absolute atomic E-state index is 13.2. The Morgan fingerprint density at radius 3 is 2.52 bits per heavy atom. The van der Waals surface area contributed by atoms with Gasteiger partial charge in [0.25, 0.3) is 11.8 Å². The number of amides is 2. The number of carbonyl (C=O) groups is 2. The van der Waals surface area contributed by atoms with Crippen LogP contribution in [0.15, 0.2) is 18.2 Å². The van der Waals surface area contributed by atoms with Crippen molar-refractivity contribution >= 4 is 24.2 Å². The van der Waals surface area contributed by atoms with Crippen LogP contribution in [0, 0.1) is 0 Å². The van der Waals surface area contributed by atoms with Crippen LogP contribution in [0.25, 0.3) is 0 Å². The van der Waals surface area contributed by atoms with E-state index in [1.54, 1.807) is 12.0 Å². The highest BCUT2D eigenvalue weighted by atomic mass is 35.5. The van der Waals surface area contributed by atoms with E-state index in [4.69, 9.17) is 4.74 Å². The molecule has 0 N–H and O–H groups in total. The number of methoxy groups -OCH3 is 1. The number of rotatable bonds is 5. The van der Waals surface area contributed by atoms with Gasteiger partial charge >= 0.3 is 0 Å². The van der Waals surface area contributed by atoms with Crippen LogP contribution in [0.3, 0.4) is 0 Å². The molecule has 0 spiro atoms. The van der Waals surface area contributed by atoms with Gasteiger partial charge in [0.05, 0.1) is 17.7 Å². The van der Waals surface area contributed by atoms with Crippen molar-refractivity contribution in [2.45, 2.75) is 44.7 Å². The van der Waals surface area contributed by atoms with Crippen LogP contribution in [0.1, 0.15) is 58.4 Å². The largest absolute Gasteiger partial charge is 0.383 e. The second kappa shape index (κ2) is 9.92. The van der Waals surface area contributed by atoms with E-state index in [2.05, 4.69) is 4.90 Å². The molecule has 3 heterocycles. The monoisotopic (exact) mass is 421 g/mol. The lowest BCUT2D eigenvalue weighted by molar-refractivity contribution is 0.0583. The van der Waals surface area contributed by atoms with Crippen LogP contribution in [0.4, 0.5) is 0 Å². The van der Waals surface area contributed by atoms with E-state index in [1.807, 2.05) is 23.1 Å². The third-order valence-electron chi connectivity index (χ3n) is 6.47. The summed E-state index contributed by atoms with van der Waals surface area (Å²) in [5.41, 5.74) is 2.12. The minimum absolute atomic E-state index is 0. The highest BCUT2D eigenvalue weighted by molar-refractivity contribution is 6.09. The number of ether oxygens (including phenoxy) is 1. The zero-order chi connectivity index (χ0) is 19.5. The number of hydrogen-bond donors (Lipinski definition) is 0. The van der Waals surface area contributed by atoms with Crippen molar-refractivity contribution in [3.05, 3.63) is 34.9 Å². The Bertz CT molecular complexity index is 728. The zero-order valence-corrected chi connectivity index (χ0v) is 18.1. The molecule has 2 fully saturated rings. The zero-order valence-electron chi connectivity index (χ0n) is 17.3. The van der Waals surface area contributed by atoms with E-state index in [0.717, 1.165) is 31.5 Å². The third-order valence-corrected chi connectivity index (χ3v) is 6.47. The van der Waals surface area contributed by atoms with Crippen molar-refractivity contribution in [2.24, 2.45) is 0 Å². The summed E-state index contributed by atoms with van der Waals surface area (Å²) in [5.74, 6) is -0.0323. The van der Waals surface area contributed by atoms with Crippen LogP contribution >= 0.6 is 12.4 Å². The molecule has 1 aromatic carbocycles. The minimum atomic E-state index is -0.0424. The fourth-order valence-electron chi connectivity index (χ4n) is 4.87. The van der Waals surface area contributed by atoms with Crippen molar-refractivity contribution in [3.63, 3.8) is 0 Å². The molecule has 7 heteroatoms. The standard InChI is InChI=1S/C22H31N3O3.ClH/c1-28-15-14-25-16-17-6-5-7-19(20(17)22(25)27)21(26)24-12-8-18(9-13-24)23-10-3-2-4-11-23;/h5-7,18H,2-4,8-16H2,1H3;1H. The van der Waals surface area contributed by atoms with Gasteiger partial charge in [-0.1, -0.05) is 18.6 Å². The van der Waals surface area contributed by atoms with Crippen LogP contribution in [-0.2, 0) is 11.3 Å². The molecule has 0 atom stereocenters. The molecule has 6 nitrogen and oxygen atoms in total. The van der Waals surface area contributed by atoms with Gasteiger partial charge in [-0.2, -0.15) is 0 Å². The molecular weight excluding hydrogens is 390 g/mol. The number of nitrogens with zero attached hydrogens (tertiary/aromatic N) is 3. The van der Waals surface area contributed by atoms with Crippen molar-refractivity contribution < 1.29 is 14.3 Å². The fourth-order valence-corrected chi connectivity index (χ4v) is 4.87. The van der Waals surface area contributed by atoms with E-state index in [9.17, 15) is 9.59 Å². The van der Waals surface area contributed by atoms with E-state index < -0.39 is 0 Å². The number of benzene rings is 1. The number of halogens is 1. The van der Waals surface area contributed by atoms with Gasteiger partial charge in [-0.05, 0) is 50.4 Å². The normalized spacial score (nSPS) is 20.5. The minimum Gasteiger partial charge on any atom is -0.383 e. The smallest absolute Gasteiger partial charge is 0.255 e. The van der Waals surface area contributed by atoms with Gasteiger partial charge in [-0.15, -0.1) is 12.4 Å². The molecule has 2 amide bonds. The molecular formula is C22H32ClN3O3. The topological polar surface area (TPSA) is 53.1 Å². The number of likely N-dealkylation sites (tertiary alicyclic amines) is 2. The molecule has 160 valence electrons. The van der Waals surface area contributed by atoms with Gasteiger partial charge in [0.2, 0.25) is 0 Å². The number of piperidine rings is 2. The van der Waals surface area contributed by atoms with Crippen molar-refractivity contribution in [1.82, 2.24) is 14.7 Å². The van der Waals surface area contributed by atoms with Crippen molar-refractivity contribution in [3.8, 4) is 0 Å². The molecule has 3 aliphatic rings. The fraction of sp³-hybridized carbons (Fsp3) is 0.636. The molecule has 4 rings (SSSR count). The summed E-state index contributed by atoms with van der Waals surface area (Å²) < 4.78 is 5.11. The summed E-state index contributed by atoms with van der Waals surface area (Å²) in [6.45, 7) is 5.60. The Kier molecular flexibility index (Phi) is 7.55. The van der Waals surface area contributed by atoms with Crippen LogP contribution < -0.4 is 0 Å².